The SMILES string of the molecule is NC1CCC(Nc2cc(Nc3ccc(F)cc3)c3nccn3n2)CC1. The van der Waals surface area contributed by atoms with Gasteiger partial charge in [0.25, 0.3) is 0 Å². The van der Waals surface area contributed by atoms with Gasteiger partial charge in [0.05, 0.1) is 5.69 Å². The molecule has 0 radical (unpaired) electrons. The van der Waals surface area contributed by atoms with Crippen molar-refractivity contribution >= 4 is 22.8 Å². The quantitative estimate of drug-likeness (QED) is 0.679. The molecular formula is C18H21FN6. The van der Waals surface area contributed by atoms with Crippen LogP contribution >= 0.6 is 0 Å². The van der Waals surface area contributed by atoms with Crippen LogP contribution in [0.25, 0.3) is 5.65 Å². The minimum atomic E-state index is -0.260. The summed E-state index contributed by atoms with van der Waals surface area (Å²) in [5.41, 5.74) is 8.32. The Morgan fingerprint density at radius 3 is 2.64 bits per heavy atom. The maximum Gasteiger partial charge on any atom is 0.177 e. The van der Waals surface area contributed by atoms with Crippen LogP contribution in [-0.2, 0) is 0 Å². The van der Waals surface area contributed by atoms with E-state index in [-0.39, 0.29) is 5.82 Å². The fourth-order valence-corrected chi connectivity index (χ4v) is 3.24. The van der Waals surface area contributed by atoms with E-state index < -0.39 is 0 Å². The van der Waals surface area contributed by atoms with Crippen molar-refractivity contribution in [3.05, 3.63) is 48.5 Å². The fraction of sp³-hybridized carbons (Fsp3) is 0.333. The number of anilines is 3. The highest BCUT2D eigenvalue weighted by molar-refractivity contribution is 5.75. The molecular weight excluding hydrogens is 319 g/mol. The molecule has 2 heterocycles. The third-order valence-electron chi connectivity index (χ3n) is 4.61. The lowest BCUT2D eigenvalue weighted by Gasteiger charge is -2.27. The Morgan fingerprint density at radius 1 is 1.12 bits per heavy atom. The molecule has 0 amide bonds. The molecule has 1 saturated carbocycles. The number of nitrogens with one attached hydrogen (secondary N) is 2. The number of nitrogens with zero attached hydrogens (tertiary/aromatic N) is 3. The number of fused-ring (bicyclic) bond motifs is 1. The molecule has 6 nitrogen and oxygen atoms in total. The minimum Gasteiger partial charge on any atom is -0.366 e. The number of benzene rings is 1. The molecule has 0 unspecified atom stereocenters. The summed E-state index contributed by atoms with van der Waals surface area (Å²) >= 11 is 0. The van der Waals surface area contributed by atoms with Crippen LogP contribution in [0.4, 0.5) is 21.6 Å². The van der Waals surface area contributed by atoms with E-state index in [2.05, 4.69) is 20.7 Å². The zero-order valence-electron chi connectivity index (χ0n) is 13.8. The smallest absolute Gasteiger partial charge is 0.177 e. The molecule has 1 aliphatic carbocycles. The van der Waals surface area contributed by atoms with Crippen LogP contribution in [0.3, 0.4) is 0 Å². The summed E-state index contributed by atoms with van der Waals surface area (Å²) in [7, 11) is 0. The van der Waals surface area contributed by atoms with Crippen molar-refractivity contribution in [1.82, 2.24) is 14.6 Å². The Bertz CT molecular complexity index is 852. The first-order valence-electron chi connectivity index (χ1n) is 8.56. The molecule has 1 aliphatic rings. The molecule has 0 atom stereocenters. The first kappa shape index (κ1) is 15.8. The molecule has 0 bridgehead atoms. The van der Waals surface area contributed by atoms with E-state index in [9.17, 15) is 4.39 Å². The number of imidazole rings is 1. The monoisotopic (exact) mass is 340 g/mol. The van der Waals surface area contributed by atoms with E-state index in [0.717, 1.165) is 48.5 Å². The first-order valence-corrected chi connectivity index (χ1v) is 8.56. The van der Waals surface area contributed by atoms with Crippen LogP contribution in [0.2, 0.25) is 0 Å². The summed E-state index contributed by atoms with van der Waals surface area (Å²) in [4.78, 5) is 4.35. The molecule has 0 saturated heterocycles. The molecule has 1 fully saturated rings. The number of rotatable bonds is 4. The number of halogens is 1. The summed E-state index contributed by atoms with van der Waals surface area (Å²) < 4.78 is 14.8. The molecule has 130 valence electrons. The second-order valence-corrected chi connectivity index (χ2v) is 6.53. The average molecular weight is 340 g/mol. The summed E-state index contributed by atoms with van der Waals surface area (Å²) in [6.45, 7) is 0. The van der Waals surface area contributed by atoms with Crippen molar-refractivity contribution in [3.8, 4) is 0 Å². The van der Waals surface area contributed by atoms with E-state index in [4.69, 9.17) is 5.73 Å². The van der Waals surface area contributed by atoms with Gasteiger partial charge in [-0.15, -0.1) is 5.10 Å². The van der Waals surface area contributed by atoms with Crippen molar-refractivity contribution < 1.29 is 4.39 Å². The average Bonchev–Trinajstić information content (AvgIpc) is 3.08. The summed E-state index contributed by atoms with van der Waals surface area (Å²) in [6.07, 6.45) is 7.68. The maximum atomic E-state index is 13.1. The van der Waals surface area contributed by atoms with Gasteiger partial charge in [0, 0.05) is 36.2 Å². The van der Waals surface area contributed by atoms with Crippen LogP contribution in [0.1, 0.15) is 25.7 Å². The predicted octanol–water partition coefficient (Wildman–Crippen LogP) is 3.29. The van der Waals surface area contributed by atoms with E-state index in [0.29, 0.717) is 12.1 Å². The molecule has 3 aromatic rings. The Kier molecular flexibility index (Phi) is 4.23. The third kappa shape index (κ3) is 3.56. The van der Waals surface area contributed by atoms with Gasteiger partial charge in [-0.05, 0) is 49.9 Å². The normalized spacial score (nSPS) is 20.6. The number of hydrogen-bond acceptors (Lipinski definition) is 5. The largest absolute Gasteiger partial charge is 0.366 e. The van der Waals surface area contributed by atoms with Gasteiger partial charge >= 0.3 is 0 Å². The highest BCUT2D eigenvalue weighted by atomic mass is 19.1. The number of aromatic nitrogens is 3. The lowest BCUT2D eigenvalue weighted by molar-refractivity contribution is 0.410. The van der Waals surface area contributed by atoms with Gasteiger partial charge in [-0.3, -0.25) is 0 Å². The minimum absolute atomic E-state index is 0.260. The predicted molar refractivity (Wildman–Crippen MR) is 96.5 cm³/mol. The molecule has 25 heavy (non-hydrogen) atoms. The molecule has 7 heteroatoms. The van der Waals surface area contributed by atoms with Gasteiger partial charge in [-0.25, -0.2) is 13.9 Å². The van der Waals surface area contributed by atoms with Gasteiger partial charge in [0.2, 0.25) is 0 Å². The van der Waals surface area contributed by atoms with Crippen molar-refractivity contribution in [2.24, 2.45) is 5.73 Å². The standard InChI is InChI=1S/C18H21FN6/c19-12-1-5-14(6-2-12)22-16-11-17(24-25-10-9-21-18(16)25)23-15-7-3-13(20)4-8-15/h1-2,5-6,9-11,13,15,22H,3-4,7-8,20H2,(H,23,24). The topological polar surface area (TPSA) is 80.3 Å². The molecule has 4 N–H and O–H groups in total. The van der Waals surface area contributed by atoms with E-state index in [1.807, 2.05) is 12.3 Å². The fourth-order valence-electron chi connectivity index (χ4n) is 3.24. The van der Waals surface area contributed by atoms with Gasteiger partial charge in [-0.1, -0.05) is 0 Å². The van der Waals surface area contributed by atoms with Crippen molar-refractivity contribution in [3.63, 3.8) is 0 Å². The summed E-state index contributed by atoms with van der Waals surface area (Å²) in [5, 5.41) is 11.4. The molecule has 1 aromatic carbocycles. The molecule has 0 aliphatic heterocycles. The van der Waals surface area contributed by atoms with E-state index in [1.165, 1.54) is 12.1 Å². The third-order valence-corrected chi connectivity index (χ3v) is 4.61. The highest BCUT2D eigenvalue weighted by Gasteiger charge is 2.19. The van der Waals surface area contributed by atoms with Crippen LogP contribution in [0.15, 0.2) is 42.7 Å². The number of hydrogen-bond donors (Lipinski definition) is 3. The van der Waals surface area contributed by atoms with Crippen LogP contribution in [0.5, 0.6) is 0 Å². The zero-order chi connectivity index (χ0) is 17.2. The lowest BCUT2D eigenvalue weighted by Crippen LogP contribution is -2.33. The summed E-state index contributed by atoms with van der Waals surface area (Å²) in [5.74, 6) is 0.527. The molecule has 4 rings (SSSR count). The van der Waals surface area contributed by atoms with Crippen LogP contribution in [0, 0.1) is 5.82 Å². The Hall–Kier alpha value is -2.67. The lowest BCUT2D eigenvalue weighted by atomic mass is 9.92. The van der Waals surface area contributed by atoms with Gasteiger partial charge in [0.15, 0.2) is 5.65 Å². The molecule has 0 spiro atoms. The highest BCUT2D eigenvalue weighted by Crippen LogP contribution is 2.26. The first-order chi connectivity index (χ1) is 12.2. The second kappa shape index (κ2) is 6.68. The van der Waals surface area contributed by atoms with Crippen molar-refractivity contribution in [2.75, 3.05) is 10.6 Å². The number of nitrogens with two attached hydrogens (primary N) is 1. The van der Waals surface area contributed by atoms with Gasteiger partial charge in [0.1, 0.15) is 11.6 Å². The second-order valence-electron chi connectivity index (χ2n) is 6.53. The Balaban J connectivity index is 1.59. The van der Waals surface area contributed by atoms with E-state index in [1.54, 1.807) is 22.8 Å². The van der Waals surface area contributed by atoms with Gasteiger partial charge in [-0.2, -0.15) is 0 Å². The summed E-state index contributed by atoms with van der Waals surface area (Å²) in [6, 6.07) is 8.90. The van der Waals surface area contributed by atoms with Crippen LogP contribution < -0.4 is 16.4 Å². The van der Waals surface area contributed by atoms with Crippen molar-refractivity contribution in [2.45, 2.75) is 37.8 Å². The Labute approximate surface area is 145 Å². The van der Waals surface area contributed by atoms with Gasteiger partial charge < -0.3 is 16.4 Å². The van der Waals surface area contributed by atoms with Crippen LogP contribution in [-0.4, -0.2) is 26.7 Å². The Morgan fingerprint density at radius 2 is 1.88 bits per heavy atom. The zero-order valence-corrected chi connectivity index (χ0v) is 13.8. The van der Waals surface area contributed by atoms with E-state index >= 15 is 0 Å². The maximum absolute atomic E-state index is 13.1. The molecule has 2 aromatic heterocycles. The van der Waals surface area contributed by atoms with Crippen molar-refractivity contribution in [1.29, 1.82) is 0 Å².